The average molecular weight is 549 g/mol. The zero-order valence-electron chi connectivity index (χ0n) is 23.8. The minimum absolute atomic E-state index is 0.364. The first-order valence-electron chi connectivity index (χ1n) is 13.9. The van der Waals surface area contributed by atoms with Gasteiger partial charge in [0.05, 0.1) is 22.8 Å². The first kappa shape index (κ1) is 26.8. The van der Waals surface area contributed by atoms with E-state index < -0.39 is 0 Å². The molecule has 5 aromatic rings. The molecular formula is C33H33FN6O. The first-order valence-corrected chi connectivity index (χ1v) is 13.9. The summed E-state index contributed by atoms with van der Waals surface area (Å²) in [7, 11) is 3.95. The predicted octanol–water partition coefficient (Wildman–Crippen LogP) is 6.10. The van der Waals surface area contributed by atoms with Crippen molar-refractivity contribution in [3.63, 3.8) is 0 Å². The molecule has 0 aliphatic carbocycles. The Morgan fingerprint density at radius 1 is 1.00 bits per heavy atom. The molecule has 0 amide bonds. The lowest BCUT2D eigenvalue weighted by Crippen LogP contribution is -2.19. The Labute approximate surface area is 239 Å². The molecule has 7 nitrogen and oxygen atoms in total. The third-order valence-corrected chi connectivity index (χ3v) is 7.43. The highest BCUT2D eigenvalue weighted by molar-refractivity contribution is 6.15. The van der Waals surface area contributed by atoms with Gasteiger partial charge in [0.25, 0.3) is 0 Å². The lowest BCUT2D eigenvalue weighted by Gasteiger charge is -2.12. The molecule has 5 heterocycles. The third-order valence-electron chi connectivity index (χ3n) is 7.43. The molecule has 1 N–H and O–H groups in total. The molecule has 0 spiro atoms. The van der Waals surface area contributed by atoms with Gasteiger partial charge in [0.15, 0.2) is 0 Å². The predicted molar refractivity (Wildman–Crippen MR) is 161 cm³/mol. The second-order valence-corrected chi connectivity index (χ2v) is 11.0. The van der Waals surface area contributed by atoms with Crippen LogP contribution in [0.3, 0.4) is 0 Å². The van der Waals surface area contributed by atoms with E-state index in [9.17, 15) is 4.39 Å². The number of aliphatic imine (C=N–C) groups is 1. The second-order valence-electron chi connectivity index (χ2n) is 11.0. The van der Waals surface area contributed by atoms with Gasteiger partial charge < -0.3 is 14.6 Å². The minimum atomic E-state index is -0.364. The van der Waals surface area contributed by atoms with E-state index in [4.69, 9.17) is 14.7 Å². The Kier molecular flexibility index (Phi) is 7.32. The van der Waals surface area contributed by atoms with Crippen molar-refractivity contribution in [3.05, 3.63) is 95.6 Å². The van der Waals surface area contributed by atoms with Crippen molar-refractivity contribution in [2.45, 2.75) is 20.3 Å². The quantitative estimate of drug-likeness (QED) is 0.266. The number of aryl methyl sites for hydroxylation is 1. The molecule has 1 aromatic carbocycles. The van der Waals surface area contributed by atoms with Crippen LogP contribution >= 0.6 is 0 Å². The van der Waals surface area contributed by atoms with Gasteiger partial charge in [-0.25, -0.2) is 4.39 Å². The summed E-state index contributed by atoms with van der Waals surface area (Å²) in [5.41, 5.74) is 9.24. The van der Waals surface area contributed by atoms with Gasteiger partial charge in [-0.05, 0) is 75.3 Å². The van der Waals surface area contributed by atoms with Gasteiger partial charge in [0, 0.05) is 77.1 Å². The summed E-state index contributed by atoms with van der Waals surface area (Å²) in [6, 6.07) is 12.9. The monoisotopic (exact) mass is 548 g/mol. The molecule has 0 fully saturated rings. The van der Waals surface area contributed by atoms with E-state index in [1.54, 1.807) is 12.4 Å². The maximum absolute atomic E-state index is 14.7. The number of aromatic amines is 1. The van der Waals surface area contributed by atoms with Gasteiger partial charge in [-0.15, -0.1) is 0 Å². The molecular weight excluding hydrogens is 515 g/mol. The van der Waals surface area contributed by atoms with E-state index in [1.165, 1.54) is 12.1 Å². The largest absolute Gasteiger partial charge is 0.492 e. The number of rotatable bonds is 7. The molecule has 6 rings (SSSR count). The lowest BCUT2D eigenvalue weighted by atomic mass is 9.96. The lowest BCUT2D eigenvalue weighted by molar-refractivity contribution is 0.260. The summed E-state index contributed by atoms with van der Waals surface area (Å²) < 4.78 is 20.5. The van der Waals surface area contributed by atoms with E-state index in [-0.39, 0.29) is 5.82 Å². The molecule has 1 atom stereocenters. The van der Waals surface area contributed by atoms with Gasteiger partial charge in [-0.1, -0.05) is 6.92 Å². The molecule has 41 heavy (non-hydrogen) atoms. The van der Waals surface area contributed by atoms with E-state index in [1.807, 2.05) is 49.6 Å². The molecule has 8 heteroatoms. The molecule has 0 bridgehead atoms. The number of nitrogens with zero attached hydrogens (tertiary/aromatic N) is 5. The summed E-state index contributed by atoms with van der Waals surface area (Å²) in [4.78, 5) is 24.6. The third kappa shape index (κ3) is 5.60. The summed E-state index contributed by atoms with van der Waals surface area (Å²) in [5, 5.41) is 0.890. The number of nitrogens with one attached hydrogen (secondary N) is 1. The van der Waals surface area contributed by atoms with E-state index in [0.29, 0.717) is 36.1 Å². The normalized spacial score (nSPS) is 15.1. The van der Waals surface area contributed by atoms with Crippen LogP contribution in [0.15, 0.2) is 72.2 Å². The maximum atomic E-state index is 14.7. The Morgan fingerprint density at radius 2 is 1.88 bits per heavy atom. The Hall–Kier alpha value is -4.43. The van der Waals surface area contributed by atoms with Crippen LogP contribution in [0.1, 0.15) is 29.4 Å². The van der Waals surface area contributed by atoms with Gasteiger partial charge >= 0.3 is 0 Å². The minimum Gasteiger partial charge on any atom is -0.492 e. The zero-order chi connectivity index (χ0) is 28.5. The summed E-state index contributed by atoms with van der Waals surface area (Å²) in [6.07, 6.45) is 8.21. The highest BCUT2D eigenvalue weighted by Crippen LogP contribution is 2.33. The maximum Gasteiger partial charge on any atom is 0.127 e. The van der Waals surface area contributed by atoms with Crippen molar-refractivity contribution in [1.29, 1.82) is 0 Å². The number of hydrogen-bond donors (Lipinski definition) is 1. The molecule has 1 unspecified atom stereocenters. The fraction of sp³-hybridized carbons (Fsp3) is 0.273. The Bertz CT molecular complexity index is 1760. The number of ether oxygens (including phenoxy) is 1. The average Bonchev–Trinajstić information content (AvgIpc) is 3.30. The number of aromatic nitrogens is 4. The standard InChI is InChI=1S/C33H33FN6O/c1-20-11-30-26(14-23(18-37-30)28-19-35-7-5-21(28)2)33(38-17-20)31-16-27-29(39-31)6-8-36-32(27)22-12-24(34)15-25(13-22)41-10-9-40(3)4/h5-8,12-16,18-20,39H,9-11,17H2,1-4H3. The Morgan fingerprint density at radius 3 is 2.71 bits per heavy atom. The van der Waals surface area contributed by atoms with E-state index in [0.717, 1.165) is 63.2 Å². The molecule has 1 aliphatic rings. The number of fused-ring (bicyclic) bond motifs is 2. The van der Waals surface area contributed by atoms with Crippen LogP contribution in [0.2, 0.25) is 0 Å². The van der Waals surface area contributed by atoms with Crippen molar-refractivity contribution < 1.29 is 9.13 Å². The van der Waals surface area contributed by atoms with Gasteiger partial charge in [-0.3, -0.25) is 19.9 Å². The fourth-order valence-electron chi connectivity index (χ4n) is 5.27. The van der Waals surface area contributed by atoms with Crippen molar-refractivity contribution in [2.24, 2.45) is 10.9 Å². The summed E-state index contributed by atoms with van der Waals surface area (Å²) in [6.45, 7) is 6.18. The highest BCUT2D eigenvalue weighted by Gasteiger charge is 2.23. The van der Waals surface area contributed by atoms with Crippen molar-refractivity contribution in [2.75, 3.05) is 33.8 Å². The van der Waals surface area contributed by atoms with Crippen molar-refractivity contribution in [3.8, 4) is 28.1 Å². The smallest absolute Gasteiger partial charge is 0.127 e. The van der Waals surface area contributed by atoms with Gasteiger partial charge in [0.1, 0.15) is 18.2 Å². The van der Waals surface area contributed by atoms with Crippen LogP contribution in [-0.2, 0) is 6.42 Å². The summed E-state index contributed by atoms with van der Waals surface area (Å²) >= 11 is 0. The van der Waals surface area contributed by atoms with Crippen molar-refractivity contribution >= 4 is 16.6 Å². The first-order chi connectivity index (χ1) is 19.9. The van der Waals surface area contributed by atoms with Crippen LogP contribution in [0.4, 0.5) is 4.39 Å². The number of H-pyrrole nitrogens is 1. The van der Waals surface area contributed by atoms with Crippen LogP contribution in [0, 0.1) is 18.7 Å². The molecule has 0 saturated heterocycles. The molecule has 4 aromatic heterocycles. The molecule has 0 saturated carbocycles. The highest BCUT2D eigenvalue weighted by atomic mass is 19.1. The second kappa shape index (κ2) is 11.2. The number of pyridine rings is 3. The molecule has 208 valence electrons. The van der Waals surface area contributed by atoms with Crippen LogP contribution in [0.5, 0.6) is 5.75 Å². The Balaban J connectivity index is 1.43. The number of benzene rings is 1. The SMILES string of the molecule is Cc1ccncc1-c1cnc2c(c1)C(c1cc3c(-c4cc(F)cc(OCCN(C)C)c4)nccc3[nH]1)=NCC(C)C2. The van der Waals surface area contributed by atoms with Gasteiger partial charge in [0.2, 0.25) is 0 Å². The number of halogens is 1. The van der Waals surface area contributed by atoms with Gasteiger partial charge in [-0.2, -0.15) is 0 Å². The van der Waals surface area contributed by atoms with E-state index in [2.05, 4.69) is 40.9 Å². The van der Waals surface area contributed by atoms with Crippen LogP contribution in [-0.4, -0.2) is 64.3 Å². The topological polar surface area (TPSA) is 79.3 Å². The fourth-order valence-corrected chi connectivity index (χ4v) is 5.27. The van der Waals surface area contributed by atoms with Crippen LogP contribution in [0.25, 0.3) is 33.3 Å². The molecule has 1 aliphatic heterocycles. The zero-order valence-corrected chi connectivity index (χ0v) is 23.8. The van der Waals surface area contributed by atoms with Crippen LogP contribution < -0.4 is 4.74 Å². The summed E-state index contributed by atoms with van der Waals surface area (Å²) in [5.74, 6) is 0.485. The molecule has 0 radical (unpaired) electrons. The number of hydrogen-bond acceptors (Lipinski definition) is 6. The van der Waals surface area contributed by atoms with Crippen molar-refractivity contribution in [1.82, 2.24) is 24.8 Å². The number of likely N-dealkylation sites (N-methyl/N-ethyl adjacent to an activating group) is 1. The van der Waals surface area contributed by atoms with E-state index >= 15 is 0 Å².